The maximum absolute atomic E-state index is 4.80. The van der Waals surface area contributed by atoms with Gasteiger partial charge in [0.25, 0.3) is 0 Å². The fraction of sp³-hybridized carbons (Fsp3) is 0.250. The second-order valence-electron chi connectivity index (χ2n) is 8.44. The standard InChI is InChI=1S/C24H25N5/c1-15-8-10-25-20(12-15)27-22-18-7-6-17(24(3,4)5)14-19(18)23(29-22)28-21-13-16(2)9-11-26-21/h6-14H,1-5H3,(H,25,26,27,28,29). The smallest absolute Gasteiger partial charge is 0.164 e. The van der Waals surface area contributed by atoms with Crippen molar-refractivity contribution in [3.05, 3.63) is 82.7 Å². The Hall–Kier alpha value is -3.34. The van der Waals surface area contributed by atoms with Gasteiger partial charge in [0.15, 0.2) is 11.7 Å². The fourth-order valence-corrected chi connectivity index (χ4v) is 3.22. The minimum Gasteiger partial charge on any atom is -0.324 e. The summed E-state index contributed by atoms with van der Waals surface area (Å²) in [5.41, 5.74) is 5.57. The van der Waals surface area contributed by atoms with Gasteiger partial charge in [-0.05, 0) is 66.3 Å². The molecule has 3 aromatic rings. The summed E-state index contributed by atoms with van der Waals surface area (Å²) in [6.45, 7) is 10.7. The first-order valence-corrected chi connectivity index (χ1v) is 9.74. The van der Waals surface area contributed by atoms with Crippen LogP contribution in [0.25, 0.3) is 0 Å². The molecular formula is C24H25N5. The first-order chi connectivity index (χ1) is 13.8. The van der Waals surface area contributed by atoms with Gasteiger partial charge < -0.3 is 5.32 Å². The molecule has 0 aliphatic carbocycles. The van der Waals surface area contributed by atoms with E-state index in [0.717, 1.165) is 33.9 Å². The predicted molar refractivity (Wildman–Crippen MR) is 119 cm³/mol. The number of anilines is 1. The first-order valence-electron chi connectivity index (χ1n) is 9.74. The minimum absolute atomic E-state index is 0.0377. The number of aliphatic imine (C=N–C) groups is 2. The molecule has 0 atom stereocenters. The molecule has 146 valence electrons. The maximum atomic E-state index is 4.80. The van der Waals surface area contributed by atoms with Gasteiger partial charge in [-0.1, -0.05) is 32.9 Å². The van der Waals surface area contributed by atoms with Crippen molar-refractivity contribution in [3.63, 3.8) is 0 Å². The average Bonchev–Trinajstić information content (AvgIpc) is 2.98. The lowest BCUT2D eigenvalue weighted by Gasteiger charge is -2.20. The molecule has 0 fully saturated rings. The summed E-state index contributed by atoms with van der Waals surface area (Å²) < 4.78 is 0. The van der Waals surface area contributed by atoms with Gasteiger partial charge in [-0.3, -0.25) is 0 Å². The summed E-state index contributed by atoms with van der Waals surface area (Å²) in [5, 5.41) is 3.36. The van der Waals surface area contributed by atoms with Gasteiger partial charge in [0.1, 0.15) is 11.7 Å². The van der Waals surface area contributed by atoms with Crippen LogP contribution < -0.4 is 5.32 Å². The van der Waals surface area contributed by atoms with E-state index in [1.165, 1.54) is 5.56 Å². The Morgan fingerprint density at radius 3 is 2.24 bits per heavy atom. The van der Waals surface area contributed by atoms with Crippen molar-refractivity contribution in [1.82, 2.24) is 9.97 Å². The molecule has 0 saturated heterocycles. The third-order valence-electron chi connectivity index (χ3n) is 4.88. The van der Waals surface area contributed by atoms with E-state index in [4.69, 9.17) is 9.98 Å². The van der Waals surface area contributed by atoms with Crippen molar-refractivity contribution >= 4 is 23.3 Å². The number of aromatic nitrogens is 2. The van der Waals surface area contributed by atoms with E-state index in [0.29, 0.717) is 11.7 Å². The zero-order valence-corrected chi connectivity index (χ0v) is 17.5. The normalized spacial score (nSPS) is 14.7. The maximum Gasteiger partial charge on any atom is 0.164 e. The van der Waals surface area contributed by atoms with E-state index in [1.807, 2.05) is 38.1 Å². The largest absolute Gasteiger partial charge is 0.324 e. The lowest BCUT2D eigenvalue weighted by Crippen LogP contribution is -2.15. The highest BCUT2D eigenvalue weighted by atomic mass is 15.1. The van der Waals surface area contributed by atoms with Gasteiger partial charge in [0.05, 0.1) is 0 Å². The van der Waals surface area contributed by atoms with E-state index >= 15 is 0 Å². The van der Waals surface area contributed by atoms with E-state index in [1.54, 1.807) is 12.4 Å². The van der Waals surface area contributed by atoms with E-state index in [9.17, 15) is 0 Å². The molecule has 1 N–H and O–H groups in total. The summed E-state index contributed by atoms with van der Waals surface area (Å²) in [6, 6.07) is 14.4. The predicted octanol–water partition coefficient (Wildman–Crippen LogP) is 5.34. The van der Waals surface area contributed by atoms with Crippen molar-refractivity contribution in [2.45, 2.75) is 40.0 Å². The number of hydrogen-bond acceptors (Lipinski definition) is 4. The first kappa shape index (κ1) is 19.0. The van der Waals surface area contributed by atoms with E-state index < -0.39 is 0 Å². The number of amidine groups is 2. The molecule has 1 aliphatic heterocycles. The highest BCUT2D eigenvalue weighted by Gasteiger charge is 2.25. The van der Waals surface area contributed by atoms with Crippen LogP contribution >= 0.6 is 0 Å². The number of benzene rings is 1. The number of nitrogens with zero attached hydrogens (tertiary/aromatic N) is 4. The number of aryl methyl sites for hydroxylation is 2. The van der Waals surface area contributed by atoms with Crippen LogP contribution in [0.15, 0.2) is 64.8 Å². The Morgan fingerprint density at radius 1 is 0.828 bits per heavy atom. The molecule has 0 unspecified atom stereocenters. The molecule has 3 heterocycles. The number of fused-ring (bicyclic) bond motifs is 1. The third kappa shape index (κ3) is 4.09. The van der Waals surface area contributed by atoms with Crippen LogP contribution in [0.4, 0.5) is 11.6 Å². The van der Waals surface area contributed by atoms with Crippen molar-refractivity contribution < 1.29 is 0 Å². The fourth-order valence-electron chi connectivity index (χ4n) is 3.22. The molecule has 5 nitrogen and oxygen atoms in total. The summed E-state index contributed by atoms with van der Waals surface area (Å²) in [4.78, 5) is 18.3. The summed E-state index contributed by atoms with van der Waals surface area (Å²) in [5.74, 6) is 2.85. The van der Waals surface area contributed by atoms with Crippen LogP contribution in [-0.4, -0.2) is 21.6 Å². The van der Waals surface area contributed by atoms with E-state index in [2.05, 4.69) is 54.3 Å². The molecule has 1 aliphatic rings. The molecule has 29 heavy (non-hydrogen) atoms. The highest BCUT2D eigenvalue weighted by Crippen LogP contribution is 2.29. The van der Waals surface area contributed by atoms with Gasteiger partial charge in [-0.25, -0.2) is 20.0 Å². The van der Waals surface area contributed by atoms with Crippen molar-refractivity contribution in [2.24, 2.45) is 9.98 Å². The average molecular weight is 383 g/mol. The second-order valence-corrected chi connectivity index (χ2v) is 8.44. The summed E-state index contributed by atoms with van der Waals surface area (Å²) in [6.07, 6.45) is 3.57. The number of pyridine rings is 2. The topological polar surface area (TPSA) is 62.5 Å². The van der Waals surface area contributed by atoms with Crippen LogP contribution in [0.5, 0.6) is 0 Å². The van der Waals surface area contributed by atoms with Gasteiger partial charge in [-0.15, -0.1) is 0 Å². The molecule has 0 saturated carbocycles. The highest BCUT2D eigenvalue weighted by molar-refractivity contribution is 6.26. The molecule has 1 aromatic carbocycles. The van der Waals surface area contributed by atoms with E-state index in [-0.39, 0.29) is 5.41 Å². The van der Waals surface area contributed by atoms with Crippen LogP contribution in [0, 0.1) is 13.8 Å². The van der Waals surface area contributed by atoms with Gasteiger partial charge >= 0.3 is 0 Å². The molecule has 2 aromatic heterocycles. The zero-order chi connectivity index (χ0) is 20.6. The van der Waals surface area contributed by atoms with Gasteiger partial charge in [-0.2, -0.15) is 0 Å². The van der Waals surface area contributed by atoms with Crippen LogP contribution in [0.1, 0.15) is 48.6 Å². The number of rotatable bonds is 2. The lowest BCUT2D eigenvalue weighted by atomic mass is 9.85. The van der Waals surface area contributed by atoms with Crippen LogP contribution in [0.2, 0.25) is 0 Å². The molecule has 4 rings (SSSR count). The Balaban J connectivity index is 1.81. The quantitative estimate of drug-likeness (QED) is 0.649. The third-order valence-corrected chi connectivity index (χ3v) is 4.88. The summed E-state index contributed by atoms with van der Waals surface area (Å²) in [7, 11) is 0. The summed E-state index contributed by atoms with van der Waals surface area (Å²) >= 11 is 0. The molecule has 0 bridgehead atoms. The van der Waals surface area contributed by atoms with Crippen molar-refractivity contribution in [2.75, 3.05) is 5.32 Å². The van der Waals surface area contributed by atoms with Gasteiger partial charge in [0.2, 0.25) is 0 Å². The minimum atomic E-state index is 0.0377. The lowest BCUT2D eigenvalue weighted by molar-refractivity contribution is 0.590. The number of nitrogens with one attached hydrogen (secondary N) is 1. The molecule has 0 radical (unpaired) electrons. The SMILES string of the molecule is Cc1ccnc(N=C2N=C(Nc3cc(C)ccn3)c3ccc(C(C)(C)C)cc32)c1. The molecule has 5 heteroatoms. The van der Waals surface area contributed by atoms with Gasteiger partial charge in [0, 0.05) is 23.5 Å². The number of hydrogen-bond donors (Lipinski definition) is 1. The second kappa shape index (κ2) is 7.24. The Kier molecular flexibility index (Phi) is 4.74. The Morgan fingerprint density at radius 2 is 1.55 bits per heavy atom. The Bertz CT molecular complexity index is 1140. The Labute approximate surface area is 171 Å². The van der Waals surface area contributed by atoms with Crippen LogP contribution in [0.3, 0.4) is 0 Å². The monoisotopic (exact) mass is 383 g/mol. The van der Waals surface area contributed by atoms with Crippen LogP contribution in [-0.2, 0) is 5.41 Å². The zero-order valence-electron chi connectivity index (χ0n) is 17.5. The molecule has 0 spiro atoms. The molecular weight excluding hydrogens is 358 g/mol. The van der Waals surface area contributed by atoms with Crippen molar-refractivity contribution in [1.29, 1.82) is 0 Å². The molecule has 0 amide bonds. The van der Waals surface area contributed by atoms with Crippen molar-refractivity contribution in [3.8, 4) is 0 Å².